The molecule has 1 saturated carbocycles. The molecule has 1 aromatic heterocycles. The highest BCUT2D eigenvalue weighted by molar-refractivity contribution is 6.93. The van der Waals surface area contributed by atoms with Crippen molar-refractivity contribution in [3.8, 4) is 11.1 Å². The standard InChI is InChI=1S/C77H92BN3O/c1-49-41-57(79(55-32-27-51(28-33-55)70(2,3)4)56-34-29-52(30-35-56)71(5,6)7)45-58-48-78(64-44-54(73(11,12)13)43-63-68(64)81(49)77(19)38-24-23-37-76(63,77)18)67-60-46-61-62(75(16,17)40-39-74(61,14)15)47-66(60)82-69(67)80(58)65-36-31-53(72(8,9)10)42-59(65)50-25-21-20-22-26-50/h20-22,25-36,41-48H,23-24,37-40H2,1-19H3/b49-41+,57-45+. The third-order valence-corrected chi connectivity index (χ3v) is 20.7. The molecule has 0 amide bonds. The molecule has 7 aromatic rings. The summed E-state index contributed by atoms with van der Waals surface area (Å²) >= 11 is 0. The highest BCUT2D eigenvalue weighted by Gasteiger charge is 2.59. The predicted octanol–water partition coefficient (Wildman–Crippen LogP) is 19.9. The first-order valence-corrected chi connectivity index (χ1v) is 31.0. The van der Waals surface area contributed by atoms with E-state index in [0.717, 1.165) is 65.6 Å². The molecule has 5 aliphatic rings. The zero-order valence-corrected chi connectivity index (χ0v) is 53.3. The Hall–Kier alpha value is -6.46. The predicted molar refractivity (Wildman–Crippen MR) is 353 cm³/mol. The summed E-state index contributed by atoms with van der Waals surface area (Å²) in [5.41, 5.74) is 23.3. The van der Waals surface area contributed by atoms with Gasteiger partial charge in [0.1, 0.15) is 5.58 Å². The lowest BCUT2D eigenvalue weighted by Crippen LogP contribution is -2.56. The Kier molecular flexibility index (Phi) is 12.8. The van der Waals surface area contributed by atoms with Crippen molar-refractivity contribution in [2.45, 2.75) is 214 Å². The van der Waals surface area contributed by atoms with E-state index < -0.39 is 0 Å². The maximum Gasteiger partial charge on any atom is 0.246 e. The number of anilines is 5. The summed E-state index contributed by atoms with van der Waals surface area (Å²) in [5.74, 6) is 3.56. The molecule has 4 heterocycles. The van der Waals surface area contributed by atoms with Crippen LogP contribution in [0.1, 0.15) is 209 Å². The van der Waals surface area contributed by atoms with Crippen LogP contribution in [0.2, 0.25) is 0 Å². The molecule has 2 bridgehead atoms. The van der Waals surface area contributed by atoms with Crippen LogP contribution in [0.25, 0.3) is 22.1 Å². The Labute approximate surface area is 493 Å². The molecule has 1 fully saturated rings. The van der Waals surface area contributed by atoms with Crippen molar-refractivity contribution in [3.05, 3.63) is 195 Å². The van der Waals surface area contributed by atoms with Gasteiger partial charge in [0.2, 0.25) is 12.6 Å². The quantitative estimate of drug-likeness (QED) is 0.160. The van der Waals surface area contributed by atoms with Crippen LogP contribution in [0.4, 0.5) is 28.6 Å². The molecular weight excluding hydrogens is 994 g/mol. The SMILES string of the molecule is C/C1=C\C(N(c2ccc(C(C)(C)C)cc2)c2ccc(C(C)(C)C)cc2)=C/C2=CB(c3cc(C(C)(C)C)cc4c3N1C1(C)CCCCC41C)c1c(oc3cc4c(cc13)C(C)(C)CCC4(C)C)N2c1ccc(C(C)(C)C)cc1-c1ccccc1. The van der Waals surface area contributed by atoms with Gasteiger partial charge in [-0.1, -0.05) is 209 Å². The fraction of sp³-hybridized carbons (Fsp3) is 0.429. The van der Waals surface area contributed by atoms with E-state index in [1.54, 1.807) is 0 Å². The zero-order valence-electron chi connectivity index (χ0n) is 53.3. The van der Waals surface area contributed by atoms with Gasteiger partial charge in [-0.15, -0.1) is 0 Å². The van der Waals surface area contributed by atoms with Gasteiger partial charge in [-0.25, -0.2) is 0 Å². The normalized spacial score (nSPS) is 22.5. The van der Waals surface area contributed by atoms with Crippen LogP contribution in [0.5, 0.6) is 0 Å². The number of hydrogen-bond donors (Lipinski definition) is 0. The number of benzene rings is 6. The Morgan fingerprint density at radius 1 is 0.537 bits per heavy atom. The lowest BCUT2D eigenvalue weighted by Gasteiger charge is -2.51. The first kappa shape index (κ1) is 56.0. The van der Waals surface area contributed by atoms with Crippen LogP contribution in [0, 0.1) is 0 Å². The Morgan fingerprint density at radius 2 is 1.09 bits per heavy atom. The first-order valence-electron chi connectivity index (χ1n) is 31.0. The van der Waals surface area contributed by atoms with E-state index in [0.29, 0.717) is 0 Å². The van der Waals surface area contributed by atoms with Crippen molar-refractivity contribution in [1.29, 1.82) is 0 Å². The Bertz CT molecular complexity index is 3720. The van der Waals surface area contributed by atoms with Crippen LogP contribution >= 0.6 is 0 Å². The molecule has 2 atom stereocenters. The molecule has 0 N–H and O–H groups in total. The zero-order chi connectivity index (χ0) is 58.6. The minimum atomic E-state index is -0.181. The van der Waals surface area contributed by atoms with Crippen LogP contribution in [-0.4, -0.2) is 12.3 Å². The van der Waals surface area contributed by atoms with Crippen molar-refractivity contribution in [3.63, 3.8) is 0 Å². The highest BCUT2D eigenvalue weighted by atomic mass is 16.4. The number of rotatable bonds is 5. The van der Waals surface area contributed by atoms with Crippen LogP contribution in [0.3, 0.4) is 0 Å². The molecule has 12 rings (SSSR count). The van der Waals surface area contributed by atoms with E-state index in [2.05, 4.69) is 286 Å². The van der Waals surface area contributed by atoms with Crippen LogP contribution in [-0.2, 0) is 37.9 Å². The summed E-state index contributed by atoms with van der Waals surface area (Å²) < 4.78 is 7.89. The first-order chi connectivity index (χ1) is 38.3. The van der Waals surface area contributed by atoms with Gasteiger partial charge < -0.3 is 14.2 Å². The third kappa shape index (κ3) is 8.99. The van der Waals surface area contributed by atoms with E-state index in [1.165, 1.54) is 90.6 Å². The van der Waals surface area contributed by atoms with E-state index in [9.17, 15) is 0 Å². The Balaban J connectivity index is 1.26. The largest absolute Gasteiger partial charge is 0.440 e. The van der Waals surface area contributed by atoms with Gasteiger partial charge >= 0.3 is 0 Å². The summed E-state index contributed by atoms with van der Waals surface area (Å²) in [4.78, 5) is 7.92. The van der Waals surface area contributed by atoms with Gasteiger partial charge in [0.25, 0.3) is 0 Å². The number of hydrogen-bond acceptors (Lipinski definition) is 4. The molecule has 0 saturated heterocycles. The van der Waals surface area contributed by atoms with Crippen LogP contribution in [0.15, 0.2) is 161 Å². The van der Waals surface area contributed by atoms with Crippen molar-refractivity contribution in [2.75, 3.05) is 14.7 Å². The molecule has 4 nitrogen and oxygen atoms in total. The molecule has 2 unspecified atom stereocenters. The molecule has 0 radical (unpaired) electrons. The number of fused-ring (bicyclic) bond motifs is 10. The summed E-state index contributed by atoms with van der Waals surface area (Å²) in [7, 11) is 0. The lowest BCUT2D eigenvalue weighted by molar-refractivity contribution is 0.191. The average molecular weight is 1090 g/mol. The van der Waals surface area contributed by atoms with Gasteiger partial charge in [-0.2, -0.15) is 0 Å². The Morgan fingerprint density at radius 3 is 1.66 bits per heavy atom. The van der Waals surface area contributed by atoms with Crippen LogP contribution < -0.4 is 25.6 Å². The minimum Gasteiger partial charge on any atom is -0.440 e. The number of nitrogens with zero attached hydrogens (tertiary/aromatic N) is 3. The molecular formula is C77H92BN3O. The highest BCUT2D eigenvalue weighted by Crippen LogP contribution is 2.61. The molecule has 5 heteroatoms. The summed E-state index contributed by atoms with van der Waals surface area (Å²) in [6.45, 7) is 45.5. The second-order valence-corrected chi connectivity index (χ2v) is 31.4. The van der Waals surface area contributed by atoms with Gasteiger partial charge in [-0.05, 0) is 183 Å². The molecule has 0 spiro atoms. The summed E-state index contributed by atoms with van der Waals surface area (Å²) in [5, 5.41) is 1.22. The van der Waals surface area contributed by atoms with Gasteiger partial charge in [-0.3, -0.25) is 4.90 Å². The monoisotopic (exact) mass is 1090 g/mol. The molecule has 82 heavy (non-hydrogen) atoms. The van der Waals surface area contributed by atoms with Crippen molar-refractivity contribution >= 4 is 57.2 Å². The average Bonchev–Trinajstić information content (AvgIpc) is 1.86. The van der Waals surface area contributed by atoms with Crippen molar-refractivity contribution < 1.29 is 4.42 Å². The number of furan rings is 1. The topological polar surface area (TPSA) is 22.9 Å². The minimum absolute atomic E-state index is 0.000393. The summed E-state index contributed by atoms with van der Waals surface area (Å²) in [6, 6.07) is 47.5. The molecule has 3 aliphatic heterocycles. The van der Waals surface area contributed by atoms with E-state index in [1.807, 2.05) is 0 Å². The summed E-state index contributed by atoms with van der Waals surface area (Å²) in [6.07, 6.45) is 12.0. The molecule has 2 aliphatic carbocycles. The molecule has 424 valence electrons. The molecule has 6 aromatic carbocycles. The van der Waals surface area contributed by atoms with E-state index in [4.69, 9.17) is 4.42 Å². The lowest BCUT2D eigenvalue weighted by atomic mass is 9.38. The van der Waals surface area contributed by atoms with Gasteiger partial charge in [0.05, 0.1) is 11.2 Å². The third-order valence-electron chi connectivity index (χ3n) is 20.7. The fourth-order valence-corrected chi connectivity index (χ4v) is 15.1. The number of allylic oxidation sites excluding steroid dienone is 3. The smallest absolute Gasteiger partial charge is 0.246 e. The van der Waals surface area contributed by atoms with Gasteiger partial charge in [0.15, 0.2) is 0 Å². The maximum absolute atomic E-state index is 7.89. The second kappa shape index (κ2) is 18.8. The van der Waals surface area contributed by atoms with Crippen molar-refractivity contribution in [1.82, 2.24) is 0 Å². The fourth-order valence-electron chi connectivity index (χ4n) is 15.1. The van der Waals surface area contributed by atoms with E-state index >= 15 is 0 Å². The second-order valence-electron chi connectivity index (χ2n) is 31.4. The van der Waals surface area contributed by atoms with Crippen molar-refractivity contribution in [2.24, 2.45) is 0 Å². The van der Waals surface area contributed by atoms with E-state index in [-0.39, 0.29) is 50.2 Å². The maximum atomic E-state index is 7.89. The van der Waals surface area contributed by atoms with Gasteiger partial charge in [0, 0.05) is 56.0 Å².